The monoisotopic (exact) mass is 522 g/mol. The minimum absolute atomic E-state index is 0.00792. The van der Waals surface area contributed by atoms with Crippen LogP contribution in [0.5, 0.6) is 0 Å². The highest BCUT2D eigenvalue weighted by Gasteiger charge is 2.51. The summed E-state index contributed by atoms with van der Waals surface area (Å²) in [7, 11) is 0. The number of hydrogen-bond donors (Lipinski definition) is 2. The lowest BCUT2D eigenvalue weighted by atomic mass is 9.73. The van der Waals surface area contributed by atoms with E-state index >= 15 is 0 Å². The van der Waals surface area contributed by atoms with Crippen LogP contribution in [-0.4, -0.2) is 66.7 Å². The van der Waals surface area contributed by atoms with Crippen molar-refractivity contribution in [3.8, 4) is 0 Å². The molecule has 7 nitrogen and oxygen atoms in total. The summed E-state index contributed by atoms with van der Waals surface area (Å²) in [4.78, 5) is 30.2. The van der Waals surface area contributed by atoms with Gasteiger partial charge >= 0.3 is 12.2 Å². The molecule has 10 heteroatoms. The molecule has 3 aliphatic heterocycles. The molecular formula is C27H37F3N4O3. The molecule has 37 heavy (non-hydrogen) atoms. The molecule has 3 atom stereocenters. The number of halogens is 3. The van der Waals surface area contributed by atoms with E-state index < -0.39 is 23.2 Å². The van der Waals surface area contributed by atoms with Gasteiger partial charge in [0.1, 0.15) is 0 Å². The third-order valence-electron chi connectivity index (χ3n) is 8.91. The van der Waals surface area contributed by atoms with Crippen LogP contribution in [0.1, 0.15) is 68.7 Å². The Bertz CT molecular complexity index is 1030. The van der Waals surface area contributed by atoms with Gasteiger partial charge in [0.25, 0.3) is 0 Å². The molecule has 1 saturated carbocycles. The number of nitrogens with zero attached hydrogens (tertiary/aromatic N) is 2. The lowest BCUT2D eigenvalue weighted by molar-refractivity contribution is -0.147. The number of benzene rings is 1. The number of amides is 3. The molecule has 3 amide bonds. The average molecular weight is 523 g/mol. The smallest absolute Gasteiger partial charge is 0.381 e. The predicted octanol–water partition coefficient (Wildman–Crippen LogP) is 4.08. The standard InChI is InChI=1S/C27H37F3N4O3/c1-17(2)26(8-5-21(14-26)32-20-6-11-37-12-7-20)24(35)33-15-18-13-19(27(28,29)30)3-4-22(18)23(16-33)34-10-9-31-25(34)36/h3-4,13,17,20-21,23,32H,5-12,14-16H2,1-2H3,(H,31,36)/t21-,23-,26+/m1/s1. The van der Waals surface area contributed by atoms with E-state index in [1.54, 1.807) is 9.80 Å². The predicted molar refractivity (Wildman–Crippen MR) is 132 cm³/mol. The first-order valence-corrected chi connectivity index (χ1v) is 13.5. The van der Waals surface area contributed by atoms with E-state index in [-0.39, 0.29) is 37.0 Å². The largest absolute Gasteiger partial charge is 0.416 e. The Morgan fingerprint density at radius 1 is 1.19 bits per heavy atom. The lowest BCUT2D eigenvalue weighted by Crippen LogP contribution is -2.52. The summed E-state index contributed by atoms with van der Waals surface area (Å²) in [5.74, 6) is 0.0735. The van der Waals surface area contributed by atoms with Crippen molar-refractivity contribution in [1.82, 2.24) is 20.4 Å². The summed E-state index contributed by atoms with van der Waals surface area (Å²) in [6.07, 6.45) is -0.212. The van der Waals surface area contributed by atoms with Gasteiger partial charge in [-0.15, -0.1) is 0 Å². The van der Waals surface area contributed by atoms with Gasteiger partial charge in [0.05, 0.1) is 17.0 Å². The molecule has 3 fully saturated rings. The first kappa shape index (κ1) is 26.3. The third kappa shape index (κ3) is 5.06. The van der Waals surface area contributed by atoms with Crippen molar-refractivity contribution < 1.29 is 27.5 Å². The molecule has 0 unspecified atom stereocenters. The summed E-state index contributed by atoms with van der Waals surface area (Å²) >= 11 is 0. The molecular weight excluding hydrogens is 485 g/mol. The van der Waals surface area contributed by atoms with Gasteiger partial charge in [-0.1, -0.05) is 19.9 Å². The third-order valence-corrected chi connectivity index (χ3v) is 8.91. The van der Waals surface area contributed by atoms with E-state index in [2.05, 4.69) is 24.5 Å². The maximum Gasteiger partial charge on any atom is 0.416 e. The number of carbonyl (C=O) groups excluding carboxylic acids is 2. The van der Waals surface area contributed by atoms with E-state index in [9.17, 15) is 22.8 Å². The second-order valence-corrected chi connectivity index (χ2v) is 11.3. The zero-order chi connectivity index (χ0) is 26.4. The van der Waals surface area contributed by atoms with Crippen LogP contribution in [0.25, 0.3) is 0 Å². The van der Waals surface area contributed by atoms with Gasteiger partial charge in [-0.2, -0.15) is 13.2 Å². The maximum atomic E-state index is 14.3. The highest BCUT2D eigenvalue weighted by atomic mass is 19.4. The Labute approximate surface area is 216 Å². The van der Waals surface area contributed by atoms with Crippen LogP contribution in [0, 0.1) is 11.3 Å². The van der Waals surface area contributed by atoms with Crippen molar-refractivity contribution in [2.75, 3.05) is 32.8 Å². The molecule has 204 valence electrons. The van der Waals surface area contributed by atoms with Gasteiger partial charge in [0, 0.05) is 51.5 Å². The number of urea groups is 1. The van der Waals surface area contributed by atoms with Crippen LogP contribution in [0.4, 0.5) is 18.0 Å². The Morgan fingerprint density at radius 2 is 1.95 bits per heavy atom. The Morgan fingerprint density at radius 3 is 2.59 bits per heavy atom. The molecule has 1 aromatic carbocycles. The SMILES string of the molecule is CC(C)[C@]1(C(=O)N2Cc3cc(C(F)(F)F)ccc3[C@H](N3CCNC3=O)C2)CC[C@@H](NC2CCOCC2)C1. The van der Waals surface area contributed by atoms with Crippen LogP contribution in [0.3, 0.4) is 0 Å². The van der Waals surface area contributed by atoms with Crippen molar-refractivity contribution in [2.45, 2.75) is 76.8 Å². The minimum Gasteiger partial charge on any atom is -0.381 e. The number of alkyl halides is 3. The van der Waals surface area contributed by atoms with Crippen LogP contribution in [-0.2, 0) is 22.3 Å². The quantitative estimate of drug-likeness (QED) is 0.612. The normalized spacial score (nSPS) is 29.1. The Hall–Kier alpha value is -2.33. The molecule has 4 aliphatic rings. The van der Waals surface area contributed by atoms with Gasteiger partial charge < -0.3 is 25.2 Å². The van der Waals surface area contributed by atoms with Crippen LogP contribution in [0.2, 0.25) is 0 Å². The van der Waals surface area contributed by atoms with Gasteiger partial charge in [-0.3, -0.25) is 4.79 Å². The molecule has 3 heterocycles. The zero-order valence-corrected chi connectivity index (χ0v) is 21.6. The first-order chi connectivity index (χ1) is 17.6. The second-order valence-electron chi connectivity index (χ2n) is 11.3. The fraction of sp³-hybridized carbons (Fsp3) is 0.704. The number of carbonyl (C=O) groups is 2. The van der Waals surface area contributed by atoms with E-state index in [1.165, 1.54) is 6.07 Å². The van der Waals surface area contributed by atoms with Gasteiger partial charge in [-0.25, -0.2) is 4.79 Å². The number of rotatable bonds is 5. The van der Waals surface area contributed by atoms with Crippen LogP contribution < -0.4 is 10.6 Å². The zero-order valence-electron chi connectivity index (χ0n) is 21.6. The minimum atomic E-state index is -4.48. The van der Waals surface area contributed by atoms with Crippen molar-refractivity contribution in [3.63, 3.8) is 0 Å². The number of nitrogens with one attached hydrogen (secondary N) is 2. The van der Waals surface area contributed by atoms with E-state index in [4.69, 9.17) is 4.74 Å². The number of hydrogen-bond acceptors (Lipinski definition) is 4. The molecule has 0 radical (unpaired) electrons. The molecule has 1 aromatic rings. The van der Waals surface area contributed by atoms with Crippen molar-refractivity contribution in [1.29, 1.82) is 0 Å². The summed E-state index contributed by atoms with van der Waals surface area (Å²) in [5, 5.41) is 6.54. The molecule has 0 bridgehead atoms. The van der Waals surface area contributed by atoms with Gasteiger partial charge in [-0.05, 0) is 61.3 Å². The first-order valence-electron chi connectivity index (χ1n) is 13.5. The molecule has 2 saturated heterocycles. The average Bonchev–Trinajstić information content (AvgIpc) is 3.49. The van der Waals surface area contributed by atoms with Crippen LogP contribution in [0.15, 0.2) is 18.2 Å². The van der Waals surface area contributed by atoms with Crippen molar-refractivity contribution in [3.05, 3.63) is 34.9 Å². The molecule has 0 aromatic heterocycles. The highest BCUT2D eigenvalue weighted by Crippen LogP contribution is 2.48. The summed E-state index contributed by atoms with van der Waals surface area (Å²) in [6, 6.07) is 3.61. The highest BCUT2D eigenvalue weighted by molar-refractivity contribution is 5.84. The van der Waals surface area contributed by atoms with Crippen molar-refractivity contribution in [2.24, 2.45) is 11.3 Å². The van der Waals surface area contributed by atoms with Gasteiger partial charge in [0.2, 0.25) is 5.91 Å². The van der Waals surface area contributed by atoms with Crippen LogP contribution >= 0.6 is 0 Å². The summed E-state index contributed by atoms with van der Waals surface area (Å²) in [5.41, 5.74) is -0.156. The molecule has 0 spiro atoms. The lowest BCUT2D eigenvalue weighted by Gasteiger charge is -2.44. The number of fused-ring (bicyclic) bond motifs is 1. The molecule has 2 N–H and O–H groups in total. The summed E-state index contributed by atoms with van der Waals surface area (Å²) < 4.78 is 46.1. The fourth-order valence-corrected chi connectivity index (χ4v) is 6.72. The maximum absolute atomic E-state index is 14.3. The second kappa shape index (κ2) is 10.1. The summed E-state index contributed by atoms with van der Waals surface area (Å²) in [6.45, 7) is 6.98. The van der Waals surface area contributed by atoms with E-state index in [0.29, 0.717) is 36.7 Å². The number of ether oxygens (including phenoxy) is 1. The topological polar surface area (TPSA) is 73.9 Å². The Balaban J connectivity index is 1.42. The van der Waals surface area contributed by atoms with E-state index in [0.717, 1.165) is 51.0 Å². The van der Waals surface area contributed by atoms with E-state index in [1.807, 2.05) is 0 Å². The molecule has 1 aliphatic carbocycles. The van der Waals surface area contributed by atoms with Gasteiger partial charge in [0.15, 0.2) is 0 Å². The Kier molecular flexibility index (Phi) is 7.17. The molecule has 5 rings (SSSR count). The fourth-order valence-electron chi connectivity index (χ4n) is 6.72. The van der Waals surface area contributed by atoms with Crippen molar-refractivity contribution >= 4 is 11.9 Å².